The van der Waals surface area contributed by atoms with Crippen molar-refractivity contribution in [2.24, 2.45) is 28.5 Å². The topological polar surface area (TPSA) is 75.8 Å². The highest BCUT2D eigenvalue weighted by Crippen LogP contribution is 2.42. The highest BCUT2D eigenvalue weighted by atomic mass is 16.2. The van der Waals surface area contributed by atoms with Crippen LogP contribution in [0.2, 0.25) is 0 Å². The molecule has 4 rings (SSSR count). The van der Waals surface area contributed by atoms with Gasteiger partial charge in [0.1, 0.15) is 11.3 Å². The van der Waals surface area contributed by atoms with Gasteiger partial charge in [-0.2, -0.15) is 0 Å². The van der Waals surface area contributed by atoms with E-state index in [4.69, 9.17) is 10.7 Å². The molecule has 34 heavy (non-hydrogen) atoms. The first-order chi connectivity index (χ1) is 16.3. The van der Waals surface area contributed by atoms with Crippen molar-refractivity contribution in [1.29, 1.82) is 0 Å². The first kappa shape index (κ1) is 24.9. The predicted octanol–water partition coefficient (Wildman–Crippen LogP) is 5.58. The summed E-state index contributed by atoms with van der Waals surface area (Å²) in [4.78, 5) is 32.6. The lowest BCUT2D eigenvalue weighted by atomic mass is 9.71. The molecule has 0 radical (unpaired) electrons. The lowest BCUT2D eigenvalue weighted by molar-refractivity contribution is -0.131. The summed E-state index contributed by atoms with van der Waals surface area (Å²) >= 11 is 0. The van der Waals surface area contributed by atoms with E-state index < -0.39 is 5.54 Å². The normalized spacial score (nSPS) is 28.2. The number of Topliss-reactive ketones (excluding diaryl/α,β-unsaturated/α-hetero) is 1. The van der Waals surface area contributed by atoms with Crippen LogP contribution in [-0.2, 0) is 16.0 Å². The lowest BCUT2D eigenvalue weighted by Gasteiger charge is -2.35. The molecule has 0 aromatic heterocycles. The van der Waals surface area contributed by atoms with Gasteiger partial charge in [0.15, 0.2) is 5.96 Å². The number of carbonyl (C=O) groups is 2. The van der Waals surface area contributed by atoms with E-state index in [1.165, 1.54) is 37.7 Å². The molecule has 1 aromatic carbocycles. The third kappa shape index (κ3) is 6.09. The Kier molecular flexibility index (Phi) is 8.10. The Morgan fingerprint density at radius 3 is 2.53 bits per heavy atom. The second-order valence-corrected chi connectivity index (χ2v) is 11.4. The van der Waals surface area contributed by atoms with Gasteiger partial charge in [0, 0.05) is 19.9 Å². The van der Waals surface area contributed by atoms with E-state index in [0.717, 1.165) is 56.4 Å². The van der Waals surface area contributed by atoms with E-state index in [1.807, 2.05) is 6.07 Å². The van der Waals surface area contributed by atoms with Gasteiger partial charge in [-0.1, -0.05) is 81.2 Å². The summed E-state index contributed by atoms with van der Waals surface area (Å²) in [5.74, 6) is 2.36. The maximum Gasteiger partial charge on any atom is 0.257 e. The van der Waals surface area contributed by atoms with E-state index in [1.54, 1.807) is 11.9 Å². The third-order valence-corrected chi connectivity index (χ3v) is 8.58. The smallest absolute Gasteiger partial charge is 0.257 e. The van der Waals surface area contributed by atoms with Crippen LogP contribution in [0.5, 0.6) is 0 Å². The molecule has 2 saturated carbocycles. The van der Waals surface area contributed by atoms with Crippen molar-refractivity contribution in [2.45, 2.75) is 102 Å². The van der Waals surface area contributed by atoms with E-state index in [0.29, 0.717) is 36.4 Å². The van der Waals surface area contributed by atoms with Crippen LogP contribution in [0.1, 0.15) is 94.6 Å². The summed E-state index contributed by atoms with van der Waals surface area (Å²) in [7, 11) is 1.76. The van der Waals surface area contributed by atoms with Crippen molar-refractivity contribution >= 4 is 17.6 Å². The number of ketones is 1. The maximum absolute atomic E-state index is 13.4. The van der Waals surface area contributed by atoms with Gasteiger partial charge in [0.25, 0.3) is 5.91 Å². The van der Waals surface area contributed by atoms with E-state index >= 15 is 0 Å². The minimum atomic E-state index is -0.686. The highest BCUT2D eigenvalue weighted by molar-refractivity contribution is 6.06. The quantitative estimate of drug-likeness (QED) is 0.517. The van der Waals surface area contributed by atoms with Gasteiger partial charge in [-0.25, -0.2) is 4.99 Å². The van der Waals surface area contributed by atoms with E-state index in [9.17, 15) is 9.59 Å². The summed E-state index contributed by atoms with van der Waals surface area (Å²) in [6, 6.07) is 8.27. The fraction of sp³-hybridized carbons (Fsp3) is 0.690. The molecular weight excluding hydrogens is 422 g/mol. The summed E-state index contributed by atoms with van der Waals surface area (Å²) < 4.78 is 0. The Morgan fingerprint density at radius 2 is 1.82 bits per heavy atom. The molecule has 0 spiro atoms. The van der Waals surface area contributed by atoms with Crippen LogP contribution < -0.4 is 5.73 Å². The van der Waals surface area contributed by atoms with Crippen LogP contribution in [-0.4, -0.2) is 35.1 Å². The number of aryl methyl sites for hydroxylation is 1. The number of nitrogens with zero attached hydrogens (tertiary/aromatic N) is 2. The monoisotopic (exact) mass is 465 g/mol. The number of guanidine groups is 1. The van der Waals surface area contributed by atoms with Crippen molar-refractivity contribution in [3.8, 4) is 0 Å². The molecule has 1 aliphatic heterocycles. The number of benzene rings is 1. The van der Waals surface area contributed by atoms with E-state index in [2.05, 4.69) is 25.1 Å². The number of likely N-dealkylation sites (N-methyl/N-ethyl adjacent to an activating group) is 1. The second-order valence-electron chi connectivity index (χ2n) is 11.4. The van der Waals surface area contributed by atoms with Crippen LogP contribution in [0.25, 0.3) is 0 Å². The van der Waals surface area contributed by atoms with Crippen molar-refractivity contribution in [3.63, 3.8) is 0 Å². The van der Waals surface area contributed by atoms with Crippen molar-refractivity contribution in [2.75, 3.05) is 7.05 Å². The zero-order chi connectivity index (χ0) is 24.1. The lowest BCUT2D eigenvalue weighted by Crippen LogP contribution is -2.44. The van der Waals surface area contributed by atoms with Gasteiger partial charge in [-0.05, 0) is 55.9 Å². The molecule has 3 atom stereocenters. The Balaban J connectivity index is 1.37. The molecule has 0 unspecified atom stereocenters. The molecule has 1 aromatic rings. The summed E-state index contributed by atoms with van der Waals surface area (Å²) in [6.45, 7) is 2.07. The molecule has 5 nitrogen and oxygen atoms in total. The van der Waals surface area contributed by atoms with Gasteiger partial charge >= 0.3 is 0 Å². The number of nitrogens with two attached hydrogens (primary N) is 1. The Morgan fingerprint density at radius 1 is 1.09 bits per heavy atom. The Labute approximate surface area is 205 Å². The van der Waals surface area contributed by atoms with Crippen LogP contribution in [0, 0.1) is 24.7 Å². The number of amides is 1. The average molecular weight is 466 g/mol. The molecule has 5 heteroatoms. The van der Waals surface area contributed by atoms with Gasteiger partial charge in [0.2, 0.25) is 0 Å². The zero-order valence-electron chi connectivity index (χ0n) is 21.2. The molecule has 1 heterocycles. The molecule has 2 fully saturated rings. The number of hydrogen-bond donors (Lipinski definition) is 1. The molecule has 186 valence electrons. The van der Waals surface area contributed by atoms with Gasteiger partial charge in [-0.15, -0.1) is 0 Å². The van der Waals surface area contributed by atoms with Crippen LogP contribution in [0.4, 0.5) is 0 Å². The van der Waals surface area contributed by atoms with Gasteiger partial charge in [0.05, 0.1) is 0 Å². The fourth-order valence-corrected chi connectivity index (χ4v) is 6.77. The van der Waals surface area contributed by atoms with Crippen molar-refractivity contribution in [1.82, 2.24) is 4.90 Å². The molecule has 0 bridgehead atoms. The second kappa shape index (κ2) is 11.0. The number of rotatable bonds is 9. The first-order valence-corrected chi connectivity index (χ1v) is 13.6. The molecular formula is C29H43N3O2. The first-order valence-electron chi connectivity index (χ1n) is 13.6. The highest BCUT2D eigenvalue weighted by Gasteiger charge is 2.48. The maximum atomic E-state index is 13.4. The largest absolute Gasteiger partial charge is 0.369 e. The average Bonchev–Trinajstić information content (AvgIpc) is 3.02. The molecule has 2 aliphatic carbocycles. The number of carbonyl (C=O) groups excluding carboxylic acids is 2. The minimum absolute atomic E-state index is 0.0819. The molecule has 2 N–H and O–H groups in total. The Bertz CT molecular complexity index is 904. The summed E-state index contributed by atoms with van der Waals surface area (Å²) in [5.41, 5.74) is 7.78. The SMILES string of the molecule is Cc1cccc(CC(=O)C[C@@H]2CCC[C@H](C[C@@]3(CCC4CCCCC4)N=C(N)N(C)C3=O)C2)c1. The predicted molar refractivity (Wildman–Crippen MR) is 138 cm³/mol. The van der Waals surface area contributed by atoms with Crippen LogP contribution in [0.3, 0.4) is 0 Å². The minimum Gasteiger partial charge on any atom is -0.369 e. The molecule has 0 saturated heterocycles. The Hall–Kier alpha value is -2.17. The molecule has 3 aliphatic rings. The van der Waals surface area contributed by atoms with Gasteiger partial charge < -0.3 is 5.73 Å². The third-order valence-electron chi connectivity index (χ3n) is 8.58. The van der Waals surface area contributed by atoms with Gasteiger partial charge in [-0.3, -0.25) is 14.5 Å². The summed E-state index contributed by atoms with van der Waals surface area (Å²) in [5, 5.41) is 0. The van der Waals surface area contributed by atoms with E-state index in [-0.39, 0.29) is 5.91 Å². The van der Waals surface area contributed by atoms with Crippen molar-refractivity contribution in [3.05, 3.63) is 35.4 Å². The van der Waals surface area contributed by atoms with Crippen LogP contribution in [0.15, 0.2) is 29.3 Å². The zero-order valence-corrected chi connectivity index (χ0v) is 21.2. The number of aliphatic imine (C=N–C) groups is 1. The van der Waals surface area contributed by atoms with Crippen LogP contribution >= 0.6 is 0 Å². The standard InChI is InChI=1S/C29H43N3O2/c1-21-8-6-11-23(16-21)18-26(33)19-24-12-7-13-25(17-24)20-29(27(34)32(2)28(30)31-29)15-14-22-9-4-3-5-10-22/h6,8,11,16,22,24-25H,3-5,7,9-10,12-15,17-20H2,1-2H3,(H2,30,31)/t24-,25+,29-/m1/s1. The van der Waals surface area contributed by atoms with Crippen molar-refractivity contribution < 1.29 is 9.59 Å². The molecule has 1 amide bonds. The fourth-order valence-electron chi connectivity index (χ4n) is 6.77. The summed E-state index contributed by atoms with van der Waals surface area (Å²) in [6.07, 6.45) is 14.8. The number of hydrogen-bond acceptors (Lipinski definition) is 4.